The molecule has 0 spiro atoms. The third-order valence-electron chi connectivity index (χ3n) is 3.48. The van der Waals surface area contributed by atoms with Crippen molar-refractivity contribution >= 4 is 17.0 Å². The van der Waals surface area contributed by atoms with E-state index in [1.807, 2.05) is 13.0 Å². The molecule has 108 valence electrons. The number of fused-ring (bicyclic) bond motifs is 1. The number of rotatable bonds is 7. The number of carboxylic acid groups (broad SMARTS) is 1. The molecule has 0 saturated carbocycles. The Bertz CT molecular complexity index is 604. The Morgan fingerprint density at radius 3 is 2.70 bits per heavy atom. The minimum absolute atomic E-state index is 0.255. The number of aryl methyl sites for hydroxylation is 2. The van der Waals surface area contributed by atoms with Gasteiger partial charge in [-0.3, -0.25) is 0 Å². The van der Waals surface area contributed by atoms with E-state index in [0.717, 1.165) is 49.1 Å². The van der Waals surface area contributed by atoms with Crippen LogP contribution in [-0.2, 0) is 6.54 Å². The molecular formula is C15H20N2O3. The van der Waals surface area contributed by atoms with E-state index in [4.69, 9.17) is 10.2 Å². The van der Waals surface area contributed by atoms with Crippen LogP contribution in [0.1, 0.15) is 41.9 Å². The zero-order chi connectivity index (χ0) is 14.5. The van der Waals surface area contributed by atoms with E-state index in [1.54, 1.807) is 12.1 Å². The molecule has 0 fully saturated rings. The SMILES string of the molecule is Cc1nc2cc(C(=O)O)ccc2n1CCCCCCO. The summed E-state index contributed by atoms with van der Waals surface area (Å²) >= 11 is 0. The van der Waals surface area contributed by atoms with E-state index in [0.29, 0.717) is 0 Å². The first-order valence-electron chi connectivity index (χ1n) is 6.94. The van der Waals surface area contributed by atoms with Crippen molar-refractivity contribution in [2.45, 2.75) is 39.2 Å². The molecule has 0 aliphatic rings. The predicted molar refractivity (Wildman–Crippen MR) is 77.0 cm³/mol. The van der Waals surface area contributed by atoms with Crippen molar-refractivity contribution in [3.05, 3.63) is 29.6 Å². The zero-order valence-corrected chi connectivity index (χ0v) is 11.7. The fraction of sp³-hybridized carbons (Fsp3) is 0.467. The minimum Gasteiger partial charge on any atom is -0.478 e. The highest BCUT2D eigenvalue weighted by molar-refractivity contribution is 5.92. The number of carboxylic acids is 1. The Morgan fingerprint density at radius 2 is 2.00 bits per heavy atom. The first kappa shape index (κ1) is 14.5. The molecule has 0 unspecified atom stereocenters. The molecule has 20 heavy (non-hydrogen) atoms. The Hall–Kier alpha value is -1.88. The van der Waals surface area contributed by atoms with Crippen LogP contribution >= 0.6 is 0 Å². The molecule has 2 N–H and O–H groups in total. The van der Waals surface area contributed by atoms with Crippen LogP contribution in [0.25, 0.3) is 11.0 Å². The summed E-state index contributed by atoms with van der Waals surface area (Å²) in [7, 11) is 0. The normalized spacial score (nSPS) is 11.1. The number of carbonyl (C=O) groups is 1. The van der Waals surface area contributed by atoms with Crippen molar-refractivity contribution in [2.75, 3.05) is 6.61 Å². The first-order valence-corrected chi connectivity index (χ1v) is 6.94. The lowest BCUT2D eigenvalue weighted by molar-refractivity contribution is 0.0697. The molecule has 5 heteroatoms. The summed E-state index contributed by atoms with van der Waals surface area (Å²) in [6.07, 6.45) is 4.00. The molecular weight excluding hydrogens is 256 g/mol. The van der Waals surface area contributed by atoms with Gasteiger partial charge < -0.3 is 14.8 Å². The van der Waals surface area contributed by atoms with Crippen molar-refractivity contribution < 1.29 is 15.0 Å². The molecule has 2 rings (SSSR count). The van der Waals surface area contributed by atoms with Gasteiger partial charge in [-0.15, -0.1) is 0 Å². The van der Waals surface area contributed by atoms with E-state index in [-0.39, 0.29) is 12.2 Å². The maximum absolute atomic E-state index is 11.0. The number of benzene rings is 1. The molecule has 0 atom stereocenters. The van der Waals surface area contributed by atoms with Gasteiger partial charge in [0.1, 0.15) is 5.82 Å². The van der Waals surface area contributed by atoms with Crippen LogP contribution in [0.15, 0.2) is 18.2 Å². The molecule has 1 aromatic carbocycles. The number of aliphatic hydroxyl groups excluding tert-OH is 1. The molecule has 1 aromatic heterocycles. The summed E-state index contributed by atoms with van der Waals surface area (Å²) in [6, 6.07) is 5.06. The molecule has 0 aliphatic carbocycles. The van der Waals surface area contributed by atoms with Crippen LogP contribution in [0, 0.1) is 6.92 Å². The molecule has 0 aliphatic heterocycles. The summed E-state index contributed by atoms with van der Waals surface area (Å²) < 4.78 is 2.12. The van der Waals surface area contributed by atoms with E-state index in [2.05, 4.69) is 9.55 Å². The van der Waals surface area contributed by atoms with Crippen LogP contribution in [0.5, 0.6) is 0 Å². The Morgan fingerprint density at radius 1 is 1.25 bits per heavy atom. The average Bonchev–Trinajstić information content (AvgIpc) is 2.73. The molecule has 1 heterocycles. The average molecular weight is 276 g/mol. The van der Waals surface area contributed by atoms with Gasteiger partial charge in [0, 0.05) is 13.2 Å². The highest BCUT2D eigenvalue weighted by Gasteiger charge is 2.10. The number of aliphatic hydroxyl groups is 1. The second kappa shape index (κ2) is 6.52. The minimum atomic E-state index is -0.928. The number of nitrogens with zero attached hydrogens (tertiary/aromatic N) is 2. The van der Waals surface area contributed by atoms with Crippen molar-refractivity contribution in [3.8, 4) is 0 Å². The van der Waals surface area contributed by atoms with Crippen molar-refractivity contribution in [2.24, 2.45) is 0 Å². The van der Waals surface area contributed by atoms with Gasteiger partial charge in [0.15, 0.2) is 0 Å². The van der Waals surface area contributed by atoms with Crippen LogP contribution in [0.2, 0.25) is 0 Å². The van der Waals surface area contributed by atoms with Gasteiger partial charge in [-0.05, 0) is 38.0 Å². The van der Waals surface area contributed by atoms with E-state index < -0.39 is 5.97 Å². The summed E-state index contributed by atoms with van der Waals surface area (Å²) in [5.41, 5.74) is 1.98. The molecule has 0 bridgehead atoms. The lowest BCUT2D eigenvalue weighted by atomic mass is 10.2. The monoisotopic (exact) mass is 276 g/mol. The predicted octanol–water partition coefficient (Wildman–Crippen LogP) is 2.60. The number of aromatic carboxylic acids is 1. The summed E-state index contributed by atoms with van der Waals surface area (Å²) in [5.74, 6) is -0.0206. The van der Waals surface area contributed by atoms with Gasteiger partial charge in [0.2, 0.25) is 0 Å². The molecule has 0 radical (unpaired) electrons. The Kier molecular flexibility index (Phi) is 4.74. The maximum atomic E-state index is 11.0. The maximum Gasteiger partial charge on any atom is 0.335 e. The van der Waals surface area contributed by atoms with Crippen molar-refractivity contribution in [1.82, 2.24) is 9.55 Å². The van der Waals surface area contributed by atoms with E-state index >= 15 is 0 Å². The van der Waals surface area contributed by atoms with Crippen molar-refractivity contribution in [1.29, 1.82) is 0 Å². The lowest BCUT2D eigenvalue weighted by Gasteiger charge is -2.06. The number of unbranched alkanes of at least 4 members (excludes halogenated alkanes) is 3. The molecule has 5 nitrogen and oxygen atoms in total. The third-order valence-corrected chi connectivity index (χ3v) is 3.48. The van der Waals surface area contributed by atoms with Crippen LogP contribution in [0.4, 0.5) is 0 Å². The van der Waals surface area contributed by atoms with E-state index in [1.165, 1.54) is 0 Å². The largest absolute Gasteiger partial charge is 0.478 e. The van der Waals surface area contributed by atoms with Gasteiger partial charge in [-0.1, -0.05) is 12.8 Å². The molecule has 0 amide bonds. The van der Waals surface area contributed by atoms with E-state index in [9.17, 15) is 4.79 Å². The van der Waals surface area contributed by atoms with Gasteiger partial charge >= 0.3 is 5.97 Å². The quantitative estimate of drug-likeness (QED) is 0.762. The number of imidazole rings is 1. The number of hydrogen-bond donors (Lipinski definition) is 2. The highest BCUT2D eigenvalue weighted by atomic mass is 16.4. The van der Waals surface area contributed by atoms with Gasteiger partial charge in [0.25, 0.3) is 0 Å². The van der Waals surface area contributed by atoms with Gasteiger partial charge in [-0.2, -0.15) is 0 Å². The Labute approximate surface area is 117 Å². The molecule has 2 aromatic rings. The summed E-state index contributed by atoms with van der Waals surface area (Å²) in [4.78, 5) is 15.4. The summed E-state index contributed by atoms with van der Waals surface area (Å²) in [5, 5.41) is 17.7. The lowest BCUT2D eigenvalue weighted by Crippen LogP contribution is -2.01. The second-order valence-corrected chi connectivity index (χ2v) is 4.96. The number of aromatic nitrogens is 2. The van der Waals surface area contributed by atoms with Gasteiger partial charge in [0.05, 0.1) is 16.6 Å². The second-order valence-electron chi connectivity index (χ2n) is 4.96. The fourth-order valence-corrected chi connectivity index (χ4v) is 2.40. The fourth-order valence-electron chi connectivity index (χ4n) is 2.40. The summed E-state index contributed by atoms with van der Waals surface area (Å²) in [6.45, 7) is 3.07. The number of hydrogen-bond acceptors (Lipinski definition) is 3. The Balaban J connectivity index is 2.13. The highest BCUT2D eigenvalue weighted by Crippen LogP contribution is 2.19. The zero-order valence-electron chi connectivity index (χ0n) is 11.7. The smallest absolute Gasteiger partial charge is 0.335 e. The first-order chi connectivity index (χ1) is 9.63. The standard InChI is InChI=1S/C15H20N2O3/c1-11-16-13-10-12(15(19)20)6-7-14(13)17(11)8-4-2-3-5-9-18/h6-7,10,18H,2-5,8-9H2,1H3,(H,19,20). The third kappa shape index (κ3) is 3.17. The van der Waals surface area contributed by atoms with Crippen LogP contribution in [0.3, 0.4) is 0 Å². The molecule has 0 saturated heterocycles. The topological polar surface area (TPSA) is 75.3 Å². The van der Waals surface area contributed by atoms with Crippen LogP contribution < -0.4 is 0 Å². The van der Waals surface area contributed by atoms with Gasteiger partial charge in [-0.25, -0.2) is 9.78 Å². The van der Waals surface area contributed by atoms with Crippen LogP contribution in [-0.4, -0.2) is 32.3 Å². The van der Waals surface area contributed by atoms with Crippen molar-refractivity contribution in [3.63, 3.8) is 0 Å².